The van der Waals surface area contributed by atoms with Gasteiger partial charge in [0.15, 0.2) is 0 Å². The summed E-state index contributed by atoms with van der Waals surface area (Å²) in [7, 11) is -0.734. The van der Waals surface area contributed by atoms with Gasteiger partial charge in [-0.1, -0.05) is 12.1 Å². The van der Waals surface area contributed by atoms with E-state index >= 15 is 0 Å². The first-order valence-electron chi connectivity index (χ1n) is 2.70. The van der Waals surface area contributed by atoms with Gasteiger partial charge in [0, 0.05) is 0 Å². The van der Waals surface area contributed by atoms with E-state index in [4.69, 9.17) is 9.70 Å². The average molecular weight is 139 g/mol. The molecule has 1 unspecified atom stereocenters. The van der Waals surface area contributed by atoms with Gasteiger partial charge >= 0.3 is 0 Å². The van der Waals surface area contributed by atoms with Gasteiger partial charge in [0.05, 0.1) is 5.12 Å². The lowest BCUT2D eigenvalue weighted by Gasteiger charge is -2.03. The van der Waals surface area contributed by atoms with Gasteiger partial charge < -0.3 is 4.20 Å². The molecule has 0 aliphatic carbocycles. The van der Waals surface area contributed by atoms with E-state index in [-0.39, 0.29) is 0 Å². The summed E-state index contributed by atoms with van der Waals surface area (Å²) in [6.45, 7) is 0. The fourth-order valence-electron chi connectivity index (χ4n) is 0.833. The highest BCUT2D eigenvalue weighted by molar-refractivity contribution is 7.50. The number of hydrogen-bond donors (Lipinski definition) is 1. The van der Waals surface area contributed by atoms with Crippen molar-refractivity contribution >= 4 is 18.6 Å². The third-order valence-electron chi connectivity index (χ3n) is 1.30. The van der Waals surface area contributed by atoms with E-state index in [1.807, 2.05) is 24.3 Å². The van der Waals surface area contributed by atoms with Crippen molar-refractivity contribution in [1.82, 2.24) is 0 Å². The Bertz CT molecular complexity index is 322. The second-order valence-corrected chi connectivity index (χ2v) is 3.20. The van der Waals surface area contributed by atoms with Gasteiger partial charge in [-0.15, -0.1) is 0 Å². The summed E-state index contributed by atoms with van der Waals surface area (Å²) < 4.78 is 5.13. The van der Waals surface area contributed by atoms with Crippen LogP contribution in [0.25, 0.3) is 10.7 Å². The molecule has 0 aliphatic heterocycles. The number of para-hydroxylation sites is 1. The molecule has 0 amide bonds. The van der Waals surface area contributed by atoms with Crippen LogP contribution in [0.15, 0.2) is 28.5 Å². The van der Waals surface area contributed by atoms with Crippen LogP contribution in [0.3, 0.4) is 0 Å². The maximum Gasteiger partial charge on any atom is 0.147 e. The van der Waals surface area contributed by atoms with Crippen LogP contribution in [0.4, 0.5) is 0 Å². The van der Waals surface area contributed by atoms with E-state index in [1.54, 1.807) is 0 Å². The number of rotatable bonds is 0. The van der Waals surface area contributed by atoms with Crippen LogP contribution >= 0.6 is 7.92 Å². The van der Waals surface area contributed by atoms with Crippen LogP contribution in [-0.2, 0) is 0 Å². The van der Waals surface area contributed by atoms with Crippen LogP contribution in [0.5, 0.6) is 0 Å². The molecule has 0 saturated heterocycles. The van der Waals surface area contributed by atoms with E-state index in [2.05, 4.69) is 0 Å². The van der Waals surface area contributed by atoms with Crippen LogP contribution in [0.2, 0.25) is 0 Å². The van der Waals surface area contributed by atoms with Gasteiger partial charge in [-0.05, 0) is 12.1 Å². The second-order valence-electron chi connectivity index (χ2n) is 1.88. The zero-order valence-electron chi connectivity index (χ0n) is 4.74. The first kappa shape index (κ1) is 5.10. The lowest BCUT2D eigenvalue weighted by Crippen LogP contribution is -1.81. The molecule has 1 atom stereocenters. The summed E-state index contributed by atoms with van der Waals surface area (Å²) in [5, 5.41) is 1.17. The van der Waals surface area contributed by atoms with Crippen LogP contribution in [-0.4, -0.2) is 0 Å². The highest BCUT2D eigenvalue weighted by atomic mass is 31.1. The summed E-state index contributed by atoms with van der Waals surface area (Å²) >= 11 is 0. The van der Waals surface area contributed by atoms with Crippen molar-refractivity contribution in [2.24, 2.45) is 0 Å². The van der Waals surface area contributed by atoms with E-state index in [9.17, 15) is 0 Å². The minimum atomic E-state index is -0.734. The van der Waals surface area contributed by atoms with E-state index in [0.29, 0.717) is 0 Å². The van der Waals surface area contributed by atoms with Gasteiger partial charge in [-0.3, -0.25) is 5.50 Å². The molecule has 3 heteroatoms. The molecule has 9 heavy (non-hydrogen) atoms. The van der Waals surface area contributed by atoms with Crippen molar-refractivity contribution in [3.8, 4) is 0 Å². The Labute approximate surface area is 53.5 Å². The maximum atomic E-state index is 5.53. The topological polar surface area (TPSA) is 39.2 Å². The highest BCUT2D eigenvalue weighted by Gasteiger charge is 2.02. The normalized spacial score (nSPS) is 12.8. The Morgan fingerprint density at radius 1 is 1.33 bits per heavy atom. The summed E-state index contributed by atoms with van der Waals surface area (Å²) in [4.78, 5) is 0. The van der Waals surface area contributed by atoms with E-state index in [0.717, 1.165) is 5.58 Å². The number of nitrogen functional groups attached to an aromatic ring is 1. The summed E-state index contributed by atoms with van der Waals surface area (Å²) in [5.41, 5.74) is 6.48. The Morgan fingerprint density at radius 2 is 2.11 bits per heavy atom. The Balaban J connectivity index is 2.81. The molecule has 0 fully saturated rings. The molecular formula is C6H6NOP. The molecule has 2 N–H and O–H groups in total. The monoisotopic (exact) mass is 139 g/mol. The first-order valence-corrected chi connectivity index (χ1v) is 4.02. The lowest BCUT2D eigenvalue weighted by atomic mass is 10.4. The fraction of sp³-hybridized carbons (Fsp3) is 0. The second kappa shape index (κ2) is 1.63. The highest BCUT2D eigenvalue weighted by Crippen LogP contribution is 2.36. The van der Waals surface area contributed by atoms with Gasteiger partial charge in [0.25, 0.3) is 0 Å². The minimum Gasteiger partial charge on any atom is -0.434 e. The zero-order valence-corrected chi connectivity index (χ0v) is 5.64. The predicted molar refractivity (Wildman–Crippen MR) is 39.1 cm³/mol. The fourth-order valence-corrected chi connectivity index (χ4v) is 1.74. The third-order valence-corrected chi connectivity index (χ3v) is 2.54. The summed E-state index contributed by atoms with van der Waals surface area (Å²) in [6, 6.07) is 7.86. The van der Waals surface area contributed by atoms with Crippen molar-refractivity contribution in [2.45, 2.75) is 0 Å². The van der Waals surface area contributed by atoms with E-state index < -0.39 is 7.92 Å². The number of hydrogen-bond acceptors (Lipinski definition) is 2. The molecule has 2 rings (SSSR count). The molecule has 0 aliphatic rings. The minimum absolute atomic E-state index is 0.734. The van der Waals surface area contributed by atoms with Crippen molar-refractivity contribution < 1.29 is 4.20 Å². The molecule has 1 aromatic carbocycles. The number of fused-ring (bicyclic) bond motifs is 1. The van der Waals surface area contributed by atoms with Crippen molar-refractivity contribution in [2.75, 3.05) is 5.50 Å². The zero-order chi connectivity index (χ0) is 6.27. The lowest BCUT2D eigenvalue weighted by molar-refractivity contribution is 0.730. The Morgan fingerprint density at radius 3 is 2.67 bits per heavy atom. The largest absolute Gasteiger partial charge is 0.434 e. The Kier molecular flexibility index (Phi) is 0.922. The van der Waals surface area contributed by atoms with Crippen molar-refractivity contribution in [1.29, 1.82) is 0 Å². The Hall–Kier alpha value is -0.720. The predicted octanol–water partition coefficient (Wildman–Crippen LogP) is 2.13. The average Bonchev–Trinajstić information content (AvgIpc) is 1.86. The van der Waals surface area contributed by atoms with Crippen molar-refractivity contribution in [3.05, 3.63) is 24.3 Å². The van der Waals surface area contributed by atoms with Crippen LogP contribution in [0.1, 0.15) is 0 Å². The van der Waals surface area contributed by atoms with Crippen LogP contribution in [0, 0.1) is 0 Å². The molecule has 2 aromatic rings. The molecule has 1 heterocycles. The van der Waals surface area contributed by atoms with Gasteiger partial charge in [0.2, 0.25) is 0 Å². The molecule has 0 radical (unpaired) electrons. The number of benzene rings is 1. The molecule has 0 bridgehead atoms. The molecule has 0 spiro atoms. The smallest absolute Gasteiger partial charge is 0.147 e. The summed E-state index contributed by atoms with van der Waals surface area (Å²) in [5.74, 6) is 0. The van der Waals surface area contributed by atoms with Gasteiger partial charge in [-0.2, -0.15) is 0 Å². The molecule has 1 aromatic heterocycles. The number of nitrogens with two attached hydrogens (primary N) is 1. The van der Waals surface area contributed by atoms with Gasteiger partial charge in [-0.25, -0.2) is 0 Å². The maximum absolute atomic E-state index is 5.53. The van der Waals surface area contributed by atoms with Crippen LogP contribution < -0.4 is 5.50 Å². The molecule has 46 valence electrons. The van der Waals surface area contributed by atoms with Crippen molar-refractivity contribution in [3.63, 3.8) is 0 Å². The third kappa shape index (κ3) is 0.607. The molecule has 0 saturated carbocycles. The standard InChI is InChI=1S/C6H6NOP/c7-9-6-4-2-1-3-5(6)8-9/h1-4H,7H2. The first-order chi connectivity index (χ1) is 4.38. The van der Waals surface area contributed by atoms with Gasteiger partial charge in [0.1, 0.15) is 13.5 Å². The molecular weight excluding hydrogens is 133 g/mol. The quantitative estimate of drug-likeness (QED) is 0.607. The molecule has 2 nitrogen and oxygen atoms in total. The van der Waals surface area contributed by atoms with E-state index in [1.165, 1.54) is 5.12 Å². The summed E-state index contributed by atoms with van der Waals surface area (Å²) in [6.07, 6.45) is 0. The SMILES string of the molecule is Np1oc2ccccc21.